The fourth-order valence-electron chi connectivity index (χ4n) is 4.75. The average molecular weight is 281 g/mol. The van der Waals surface area contributed by atoms with Gasteiger partial charge in [0.15, 0.2) is 11.6 Å². The molecule has 1 heterocycles. The molecule has 1 aromatic rings. The van der Waals surface area contributed by atoms with Gasteiger partial charge in [-0.3, -0.25) is 9.59 Å². The fraction of sp³-hybridized carbons (Fsp3) is 0.375. The van der Waals surface area contributed by atoms with E-state index in [0.29, 0.717) is 6.42 Å². The summed E-state index contributed by atoms with van der Waals surface area (Å²) in [6.45, 7) is 1.89. The Balaban J connectivity index is 1.88. The molecule has 1 saturated carbocycles. The van der Waals surface area contributed by atoms with Crippen LogP contribution < -0.4 is 16.4 Å². The Morgan fingerprint density at radius 3 is 2.95 bits per heavy atom. The van der Waals surface area contributed by atoms with Crippen molar-refractivity contribution in [3.63, 3.8) is 0 Å². The van der Waals surface area contributed by atoms with Crippen molar-refractivity contribution in [2.45, 2.75) is 26.2 Å². The maximum absolute atomic E-state index is 13.2. The predicted molar refractivity (Wildman–Crippen MR) is 78.5 cm³/mol. The number of rotatable bonds is 0. The molecule has 4 aliphatic rings. The van der Waals surface area contributed by atoms with Gasteiger partial charge in [0, 0.05) is 5.92 Å². The predicted octanol–water partition coefficient (Wildman–Crippen LogP) is 2.28. The third-order valence-electron chi connectivity index (χ3n) is 5.63. The summed E-state index contributed by atoms with van der Waals surface area (Å²) in [7, 11) is 0. The van der Waals surface area contributed by atoms with E-state index < -0.39 is 5.41 Å². The Bertz CT molecular complexity index is 780. The number of ketones is 2. The third-order valence-corrected chi connectivity index (χ3v) is 5.63. The number of hydrazine groups is 2. The molecule has 1 aromatic carbocycles. The van der Waals surface area contributed by atoms with Gasteiger partial charge in [-0.1, -0.05) is 6.07 Å². The van der Waals surface area contributed by atoms with E-state index in [1.165, 1.54) is 0 Å². The summed E-state index contributed by atoms with van der Waals surface area (Å²) < 4.78 is 0. The molecule has 3 N–H and O–H groups in total. The molecule has 5 heteroatoms. The molecule has 3 aliphatic carbocycles. The van der Waals surface area contributed by atoms with Crippen LogP contribution in [0.3, 0.4) is 0 Å². The summed E-state index contributed by atoms with van der Waals surface area (Å²) in [6, 6.07) is 3.94. The normalized spacial score (nSPS) is 31.8. The minimum atomic E-state index is -0.440. The van der Waals surface area contributed by atoms with Gasteiger partial charge < -0.3 is 10.9 Å². The first-order chi connectivity index (χ1) is 10.1. The third kappa shape index (κ3) is 1.10. The maximum atomic E-state index is 13.2. The molecule has 0 saturated heterocycles. The van der Waals surface area contributed by atoms with Crippen molar-refractivity contribution in [3.8, 4) is 0 Å². The first-order valence-corrected chi connectivity index (χ1v) is 7.38. The quantitative estimate of drug-likeness (QED) is 0.680. The molecule has 1 fully saturated rings. The van der Waals surface area contributed by atoms with Crippen LogP contribution in [0.25, 0.3) is 5.57 Å². The standard InChI is InChI=1S/C16H15N3O2/c1-7-12-9-2-3-10-13(18-19-17-10)11(9)15(21)16(12)5-4-8(6-16)14(7)20/h2-3,8,17-19H,4-6H2,1H3. The molecule has 0 radical (unpaired) electrons. The summed E-state index contributed by atoms with van der Waals surface area (Å²) in [5.41, 5.74) is 13.6. The van der Waals surface area contributed by atoms with E-state index in [4.69, 9.17) is 0 Å². The van der Waals surface area contributed by atoms with Crippen molar-refractivity contribution >= 4 is 28.5 Å². The highest BCUT2D eigenvalue weighted by Crippen LogP contribution is 2.63. The van der Waals surface area contributed by atoms with Gasteiger partial charge in [0.25, 0.3) is 0 Å². The van der Waals surface area contributed by atoms with Crippen LogP contribution in [0.4, 0.5) is 11.4 Å². The summed E-state index contributed by atoms with van der Waals surface area (Å²) in [5.74, 6) is 0.476. The van der Waals surface area contributed by atoms with Crippen molar-refractivity contribution in [3.05, 3.63) is 28.8 Å². The van der Waals surface area contributed by atoms with Gasteiger partial charge in [-0.2, -0.15) is 0 Å². The van der Waals surface area contributed by atoms with Crippen LogP contribution in [0.15, 0.2) is 17.7 Å². The van der Waals surface area contributed by atoms with E-state index in [9.17, 15) is 9.59 Å². The zero-order valence-electron chi connectivity index (χ0n) is 11.7. The van der Waals surface area contributed by atoms with Crippen molar-refractivity contribution in [1.82, 2.24) is 5.53 Å². The number of nitrogens with one attached hydrogen (secondary N) is 3. The van der Waals surface area contributed by atoms with E-state index in [0.717, 1.165) is 46.5 Å². The summed E-state index contributed by atoms with van der Waals surface area (Å²) in [4.78, 5) is 25.6. The smallest absolute Gasteiger partial charge is 0.176 e. The zero-order valence-corrected chi connectivity index (χ0v) is 11.7. The van der Waals surface area contributed by atoms with Crippen molar-refractivity contribution in [2.24, 2.45) is 11.3 Å². The number of carbonyl (C=O) groups is 2. The molecule has 5 rings (SSSR count). The van der Waals surface area contributed by atoms with Crippen molar-refractivity contribution in [1.29, 1.82) is 0 Å². The summed E-state index contributed by atoms with van der Waals surface area (Å²) in [6.07, 6.45) is 2.34. The summed E-state index contributed by atoms with van der Waals surface area (Å²) in [5, 5.41) is 0. The zero-order chi connectivity index (χ0) is 14.4. The number of allylic oxidation sites excluding steroid dienone is 2. The number of carbonyl (C=O) groups excluding carboxylic acids is 2. The van der Waals surface area contributed by atoms with Gasteiger partial charge in [0.05, 0.1) is 22.4 Å². The van der Waals surface area contributed by atoms with E-state index in [1.54, 1.807) is 0 Å². The largest absolute Gasteiger partial charge is 0.302 e. The number of benzene rings is 1. The van der Waals surface area contributed by atoms with Crippen LogP contribution in [0.1, 0.15) is 42.1 Å². The van der Waals surface area contributed by atoms with Gasteiger partial charge in [-0.15, -0.1) is 5.53 Å². The van der Waals surface area contributed by atoms with Crippen LogP contribution in [0.2, 0.25) is 0 Å². The number of hydrogen-bond donors (Lipinski definition) is 3. The molecular formula is C16H15N3O2. The minimum Gasteiger partial charge on any atom is -0.302 e. The van der Waals surface area contributed by atoms with Crippen LogP contribution in [0, 0.1) is 11.3 Å². The van der Waals surface area contributed by atoms with Crippen LogP contribution in [-0.2, 0) is 4.79 Å². The van der Waals surface area contributed by atoms with Gasteiger partial charge >= 0.3 is 0 Å². The van der Waals surface area contributed by atoms with Gasteiger partial charge in [-0.05, 0) is 49.0 Å². The Morgan fingerprint density at radius 2 is 2.10 bits per heavy atom. The molecule has 106 valence electrons. The molecule has 0 aromatic heterocycles. The molecule has 2 unspecified atom stereocenters. The lowest BCUT2D eigenvalue weighted by Crippen LogP contribution is -2.31. The van der Waals surface area contributed by atoms with E-state index in [-0.39, 0.29) is 17.5 Å². The maximum Gasteiger partial charge on any atom is 0.176 e. The lowest BCUT2D eigenvalue weighted by Gasteiger charge is -2.29. The number of Topliss-reactive ketones (excluding diaryl/α,β-unsaturated/α-hetero) is 2. The van der Waals surface area contributed by atoms with Crippen LogP contribution in [-0.4, -0.2) is 11.6 Å². The second-order valence-electron chi connectivity index (χ2n) is 6.50. The van der Waals surface area contributed by atoms with Crippen molar-refractivity contribution in [2.75, 3.05) is 10.9 Å². The lowest BCUT2D eigenvalue weighted by atomic mass is 9.71. The minimum absolute atomic E-state index is 0.0456. The van der Waals surface area contributed by atoms with Crippen molar-refractivity contribution < 1.29 is 9.59 Å². The highest BCUT2D eigenvalue weighted by atomic mass is 16.1. The van der Waals surface area contributed by atoms with Gasteiger partial charge in [-0.25, -0.2) is 0 Å². The fourth-order valence-corrected chi connectivity index (χ4v) is 4.75. The van der Waals surface area contributed by atoms with E-state index in [2.05, 4.69) is 16.4 Å². The second-order valence-corrected chi connectivity index (χ2v) is 6.50. The number of fused-ring (bicyclic) bond motifs is 5. The molecule has 1 aliphatic heterocycles. The first-order valence-electron chi connectivity index (χ1n) is 7.38. The Kier molecular flexibility index (Phi) is 1.84. The first kappa shape index (κ1) is 11.5. The molecule has 2 atom stereocenters. The molecule has 1 spiro atoms. The highest BCUT2D eigenvalue weighted by Gasteiger charge is 2.59. The van der Waals surface area contributed by atoms with E-state index >= 15 is 0 Å². The average Bonchev–Trinajstić information content (AvgIpc) is 3.15. The monoisotopic (exact) mass is 281 g/mol. The molecule has 0 amide bonds. The Hall–Kier alpha value is -2.14. The second kappa shape index (κ2) is 3.36. The molecule has 21 heavy (non-hydrogen) atoms. The summed E-state index contributed by atoms with van der Waals surface area (Å²) >= 11 is 0. The topological polar surface area (TPSA) is 70.2 Å². The van der Waals surface area contributed by atoms with Gasteiger partial charge in [0.1, 0.15) is 0 Å². The Morgan fingerprint density at radius 1 is 1.24 bits per heavy atom. The molecular weight excluding hydrogens is 266 g/mol. The highest BCUT2D eigenvalue weighted by molar-refractivity contribution is 6.26. The molecule has 2 bridgehead atoms. The van der Waals surface area contributed by atoms with Crippen LogP contribution in [0.5, 0.6) is 0 Å². The lowest BCUT2D eigenvalue weighted by molar-refractivity contribution is -0.119. The number of hydrogen-bond acceptors (Lipinski definition) is 5. The number of anilines is 2. The Labute approximate surface area is 121 Å². The van der Waals surface area contributed by atoms with E-state index in [1.807, 2.05) is 19.1 Å². The van der Waals surface area contributed by atoms with Gasteiger partial charge in [0.2, 0.25) is 0 Å². The van der Waals surface area contributed by atoms with Crippen LogP contribution >= 0.6 is 0 Å². The molecule has 5 nitrogen and oxygen atoms in total. The SMILES string of the molecule is CC1=C2c3ccc4c(c3C(=O)C23CCC(C3)C1=O)NNN4.